The highest BCUT2D eigenvalue weighted by molar-refractivity contribution is 6.06. The number of benzene rings is 3. The number of aliphatic hydroxyl groups is 1. The number of carbonyl (C=O) groups is 7. The molecule has 0 bridgehead atoms. The number of aliphatic imine (C=N–C) groups is 1. The van der Waals surface area contributed by atoms with Crippen molar-refractivity contribution in [2.24, 2.45) is 10.9 Å². The Morgan fingerprint density at radius 2 is 1.36 bits per heavy atom. The van der Waals surface area contributed by atoms with Crippen LogP contribution >= 0.6 is 0 Å². The number of hydrogen-bond donors (Lipinski definition) is 5. The second-order valence-electron chi connectivity index (χ2n) is 21.6. The third kappa shape index (κ3) is 21.2. The largest absolute Gasteiger partial charge is 0.493 e. The Labute approximate surface area is 532 Å². The van der Waals surface area contributed by atoms with E-state index in [1.54, 1.807) is 74.5 Å². The fourth-order valence-electron chi connectivity index (χ4n) is 9.61. The van der Waals surface area contributed by atoms with E-state index in [2.05, 4.69) is 26.3 Å². The first-order valence-corrected chi connectivity index (χ1v) is 30.7. The highest BCUT2D eigenvalue weighted by atomic mass is 16.6. The quantitative estimate of drug-likeness (QED) is 0.0282. The topological polar surface area (TPSA) is 293 Å². The van der Waals surface area contributed by atoms with Crippen molar-refractivity contribution < 1.29 is 81.3 Å². The Kier molecular flexibility index (Phi) is 29.0. The number of ether oxygens (including phenoxy) is 9. The Morgan fingerprint density at radius 1 is 0.725 bits per heavy atom. The molecule has 7 amide bonds. The average molecular weight is 1270 g/mol. The molecule has 0 fully saturated rings. The number of allylic oxidation sites excluding steroid dienone is 5. The van der Waals surface area contributed by atoms with Crippen LogP contribution in [0.2, 0.25) is 0 Å². The van der Waals surface area contributed by atoms with Gasteiger partial charge in [-0.1, -0.05) is 64.1 Å². The van der Waals surface area contributed by atoms with Gasteiger partial charge in [0, 0.05) is 62.2 Å². The van der Waals surface area contributed by atoms with Crippen LogP contribution in [0.25, 0.3) is 0 Å². The monoisotopic (exact) mass is 1260 g/mol. The van der Waals surface area contributed by atoms with Gasteiger partial charge in [0.25, 0.3) is 11.8 Å². The second-order valence-corrected chi connectivity index (χ2v) is 21.6. The molecular weight excluding hydrogens is 1180 g/mol. The number of β-amino-alcohol motifs (C(OH)–C–C–N with tert-alkyl or cyclic N) is 1. The minimum absolute atomic E-state index is 0.00334. The van der Waals surface area contributed by atoms with Crippen molar-refractivity contribution in [2.75, 3.05) is 104 Å². The van der Waals surface area contributed by atoms with Crippen molar-refractivity contribution in [3.05, 3.63) is 113 Å². The number of fused-ring (bicyclic) bond motifs is 3. The predicted octanol–water partition coefficient (Wildman–Crippen LogP) is 7.30. The van der Waals surface area contributed by atoms with Gasteiger partial charge in [-0.3, -0.25) is 33.8 Å². The molecule has 3 aromatic rings. The van der Waals surface area contributed by atoms with Gasteiger partial charge >= 0.3 is 6.09 Å². The molecule has 3 aromatic carbocycles. The van der Waals surface area contributed by atoms with Crippen molar-refractivity contribution in [1.82, 2.24) is 25.8 Å². The minimum atomic E-state index is -1.59. The summed E-state index contributed by atoms with van der Waals surface area (Å²) < 4.78 is 51.4. The van der Waals surface area contributed by atoms with Gasteiger partial charge in [0.2, 0.25) is 23.6 Å². The summed E-state index contributed by atoms with van der Waals surface area (Å²) in [5.74, 6) is -1.46. The van der Waals surface area contributed by atoms with Gasteiger partial charge in [0.1, 0.15) is 18.7 Å². The number of methoxy groups -OCH3 is 2. The smallest absolute Gasteiger partial charge is 0.416 e. The SMILES string of the molecule is CC=CC(=CN1CC(O)N(C(=O)OCc2ccc(NC(=O)C(C)NC(=O)C(NC(=O)CCOCCOCCOCCOCCNC(=O)CC)C(C)C)cc2)c2cc(OCCCOc3cc4c(cc3OC)C(=O)N3C=C(C=CC)CC3C=N4)c(OC)cc2C1=O)CC. The molecule has 4 atom stereocenters. The van der Waals surface area contributed by atoms with Crippen molar-refractivity contribution in [3.63, 3.8) is 0 Å². The third-order valence-corrected chi connectivity index (χ3v) is 14.5. The van der Waals surface area contributed by atoms with Crippen LogP contribution in [0.15, 0.2) is 101 Å². The van der Waals surface area contributed by atoms with E-state index in [1.807, 2.05) is 51.3 Å². The lowest BCUT2D eigenvalue weighted by atomic mass is 10.0. The zero-order chi connectivity index (χ0) is 65.8. The first kappa shape index (κ1) is 71.5. The molecule has 0 spiro atoms. The van der Waals surface area contributed by atoms with E-state index >= 15 is 0 Å². The van der Waals surface area contributed by atoms with Gasteiger partial charge in [0.05, 0.1) is 115 Å². The van der Waals surface area contributed by atoms with E-state index < -0.39 is 48.0 Å². The Hall–Kier alpha value is -8.62. The summed E-state index contributed by atoms with van der Waals surface area (Å²) in [6.07, 6.45) is 12.2. The Bertz CT molecular complexity index is 3130. The minimum Gasteiger partial charge on any atom is -0.493 e. The molecule has 0 aliphatic carbocycles. The van der Waals surface area contributed by atoms with Gasteiger partial charge in [-0.15, -0.1) is 0 Å². The molecule has 5 N–H and O–H groups in total. The summed E-state index contributed by atoms with van der Waals surface area (Å²) >= 11 is 0. The predicted molar refractivity (Wildman–Crippen MR) is 341 cm³/mol. The molecule has 25 nitrogen and oxygen atoms in total. The van der Waals surface area contributed by atoms with Gasteiger partial charge in [-0.25, -0.2) is 9.69 Å². The normalized spacial score (nSPS) is 16.1. The number of amides is 7. The maximum atomic E-state index is 14.4. The summed E-state index contributed by atoms with van der Waals surface area (Å²) in [6, 6.07) is 10.5. The van der Waals surface area contributed by atoms with Crippen LogP contribution in [0.4, 0.5) is 21.9 Å². The number of rotatable bonds is 36. The molecule has 0 saturated heterocycles. The lowest BCUT2D eigenvalue weighted by molar-refractivity contribution is -0.132. The van der Waals surface area contributed by atoms with Gasteiger partial charge in [-0.05, 0) is 80.5 Å². The van der Waals surface area contributed by atoms with Crippen molar-refractivity contribution in [2.45, 2.75) is 112 Å². The van der Waals surface area contributed by atoms with Crippen LogP contribution in [-0.4, -0.2) is 180 Å². The summed E-state index contributed by atoms with van der Waals surface area (Å²) in [5.41, 5.74) is 3.57. The third-order valence-electron chi connectivity index (χ3n) is 14.5. The lowest BCUT2D eigenvalue weighted by Crippen LogP contribution is -2.53. The van der Waals surface area contributed by atoms with Crippen LogP contribution in [-0.2, 0) is 49.5 Å². The van der Waals surface area contributed by atoms with Gasteiger partial charge in [0.15, 0.2) is 29.2 Å². The molecule has 0 saturated carbocycles. The first-order valence-electron chi connectivity index (χ1n) is 30.7. The van der Waals surface area contributed by atoms with Gasteiger partial charge in [-0.2, -0.15) is 0 Å². The second kappa shape index (κ2) is 36.9. The van der Waals surface area contributed by atoms with E-state index in [9.17, 15) is 38.7 Å². The summed E-state index contributed by atoms with van der Waals surface area (Å²) in [5, 5.41) is 22.7. The molecule has 3 aliphatic rings. The summed E-state index contributed by atoms with van der Waals surface area (Å²) in [6.45, 7) is 15.2. The van der Waals surface area contributed by atoms with Crippen LogP contribution in [0, 0.1) is 5.92 Å². The fourth-order valence-corrected chi connectivity index (χ4v) is 9.61. The highest BCUT2D eigenvalue weighted by Crippen LogP contribution is 2.41. The number of anilines is 2. The van der Waals surface area contributed by atoms with Crippen molar-refractivity contribution in [1.29, 1.82) is 0 Å². The van der Waals surface area contributed by atoms with Crippen LogP contribution in [0.3, 0.4) is 0 Å². The van der Waals surface area contributed by atoms with E-state index in [1.165, 1.54) is 38.2 Å². The molecule has 494 valence electrons. The molecule has 91 heavy (non-hydrogen) atoms. The molecule has 0 aromatic heterocycles. The first-order chi connectivity index (χ1) is 43.9. The zero-order valence-electron chi connectivity index (χ0n) is 53.5. The molecule has 6 rings (SSSR count). The number of nitrogens with one attached hydrogen (secondary N) is 4. The molecule has 25 heteroatoms. The zero-order valence-corrected chi connectivity index (χ0v) is 53.5. The van der Waals surface area contributed by atoms with E-state index in [4.69, 9.17) is 42.6 Å². The van der Waals surface area contributed by atoms with Crippen LogP contribution in [0.5, 0.6) is 23.0 Å². The standard InChI is InChI=1S/C66H88N8O17/c1-10-15-45(12-3)39-72-41-60(77)74(53-37-57(55(84-9)35-51(53)64(72)80)90-24-14-23-89-56-36-52-50(34-54(56)83-8)65(81)73-40-47(16-11-2)33-49(73)38-68-52)66(82)91-42-46-17-19-48(20-18-46)70-62(78)44(7)69-63(79)61(43(5)6)71-59(76)21-25-85-27-29-87-31-32-88-30-28-86-26-22-67-58(75)13-4/h10-11,15-20,34-40,43-44,49,60-61,77H,12-14,21-33,41-42H2,1-9H3,(H,67,75)(H,69,79)(H,70,78)(H,71,76). The average Bonchev–Trinajstić information content (AvgIpc) is 1.84. The van der Waals surface area contributed by atoms with Gasteiger partial charge < -0.3 is 78.8 Å². The fraction of sp³-hybridized carbons (Fsp3) is 0.485. The van der Waals surface area contributed by atoms with Crippen LogP contribution in [0.1, 0.15) is 107 Å². The molecule has 4 unspecified atom stereocenters. The highest BCUT2D eigenvalue weighted by Gasteiger charge is 2.38. The number of carbonyl (C=O) groups excluding carboxylic acids is 7. The summed E-state index contributed by atoms with van der Waals surface area (Å²) in [7, 11) is 2.91. The molecule has 3 aliphatic heterocycles. The Balaban J connectivity index is 0.999. The maximum Gasteiger partial charge on any atom is 0.416 e. The molecular formula is C66H88N8O17. The number of hydrogen-bond acceptors (Lipinski definition) is 18. The van der Waals surface area contributed by atoms with Crippen LogP contribution < -0.4 is 45.1 Å². The van der Waals surface area contributed by atoms with E-state index in [0.717, 1.165) is 16.0 Å². The summed E-state index contributed by atoms with van der Waals surface area (Å²) in [4.78, 5) is 102. The number of aliphatic hydroxyl groups excluding tert-OH is 1. The van der Waals surface area contributed by atoms with E-state index in [-0.39, 0.29) is 92.5 Å². The van der Waals surface area contributed by atoms with Crippen molar-refractivity contribution >= 4 is 64.8 Å². The molecule has 3 heterocycles. The Morgan fingerprint density at radius 3 is 1.98 bits per heavy atom. The molecule has 0 radical (unpaired) electrons. The lowest BCUT2D eigenvalue weighted by Gasteiger charge is -2.27. The number of nitrogens with zero attached hydrogens (tertiary/aromatic N) is 4. The van der Waals surface area contributed by atoms with Crippen molar-refractivity contribution in [3.8, 4) is 23.0 Å². The van der Waals surface area contributed by atoms with E-state index in [0.29, 0.717) is 106 Å². The maximum absolute atomic E-state index is 14.4.